The highest BCUT2D eigenvalue weighted by molar-refractivity contribution is 5.78. The average molecular weight is 162 g/mol. The summed E-state index contributed by atoms with van der Waals surface area (Å²) in [7, 11) is 0. The van der Waals surface area contributed by atoms with Crippen LogP contribution in [0.2, 0.25) is 0 Å². The molecule has 12 heavy (non-hydrogen) atoms. The normalized spacial score (nSPS) is 10.9. The van der Waals surface area contributed by atoms with Gasteiger partial charge in [0.05, 0.1) is 6.21 Å². The summed E-state index contributed by atoms with van der Waals surface area (Å²) in [5, 5.41) is 3.80. The van der Waals surface area contributed by atoms with E-state index in [2.05, 4.69) is 11.2 Å². The van der Waals surface area contributed by atoms with Crippen LogP contribution in [0.4, 0.5) is 0 Å². The Balaban J connectivity index is 2.47. The van der Waals surface area contributed by atoms with Crippen LogP contribution in [0.15, 0.2) is 29.4 Å². The minimum absolute atomic E-state index is 0.136. The molecule has 2 heteroatoms. The van der Waals surface area contributed by atoms with Gasteiger partial charge in [-0.1, -0.05) is 29.4 Å². The Labute approximate surface area is 72.9 Å². The fourth-order valence-corrected chi connectivity index (χ4v) is 0.699. The summed E-state index contributed by atoms with van der Waals surface area (Å²) in [6.45, 7) is 3.88. The second-order valence-electron chi connectivity index (χ2n) is 2.72. The summed E-state index contributed by atoms with van der Waals surface area (Å²) in [6, 6.07) is 10.5. The van der Waals surface area contributed by atoms with Crippen molar-refractivity contribution in [1.82, 2.24) is 0 Å². The van der Waals surface area contributed by atoms with Gasteiger partial charge in [-0.25, -0.2) is 0 Å². The van der Waals surface area contributed by atoms with E-state index in [9.17, 15) is 0 Å². The van der Waals surface area contributed by atoms with E-state index in [0.717, 1.165) is 5.56 Å². The molecular formula is C10H12NO. The molecule has 0 aliphatic heterocycles. The molecule has 0 saturated carbocycles. The number of rotatable bonds is 3. The van der Waals surface area contributed by atoms with Gasteiger partial charge in [-0.05, 0) is 25.5 Å². The third-order valence-corrected chi connectivity index (χ3v) is 1.22. The van der Waals surface area contributed by atoms with Gasteiger partial charge in [-0.2, -0.15) is 0 Å². The van der Waals surface area contributed by atoms with E-state index in [0.29, 0.717) is 0 Å². The molecule has 1 aromatic carbocycles. The lowest BCUT2D eigenvalue weighted by Gasteiger charge is -1.99. The molecule has 0 spiro atoms. The Bertz CT molecular complexity index is 241. The summed E-state index contributed by atoms with van der Waals surface area (Å²) in [5.74, 6) is 0. The SMILES string of the molecule is CC(C)O/N=C/c1cc[c]cc1. The molecule has 0 amide bonds. The zero-order valence-electron chi connectivity index (χ0n) is 7.32. The van der Waals surface area contributed by atoms with Crippen LogP contribution in [-0.2, 0) is 4.84 Å². The van der Waals surface area contributed by atoms with Crippen LogP contribution in [0.1, 0.15) is 19.4 Å². The maximum atomic E-state index is 5.00. The van der Waals surface area contributed by atoms with Gasteiger partial charge in [0.25, 0.3) is 0 Å². The van der Waals surface area contributed by atoms with Crippen molar-refractivity contribution in [3.05, 3.63) is 35.9 Å². The van der Waals surface area contributed by atoms with Crippen molar-refractivity contribution in [3.63, 3.8) is 0 Å². The van der Waals surface area contributed by atoms with Crippen molar-refractivity contribution in [2.45, 2.75) is 20.0 Å². The standard InChI is InChI=1S/C10H12NO/c1-9(2)12-11-8-10-6-4-3-5-7-10/h4-9H,1-2H3/b11-8+. The Morgan fingerprint density at radius 2 is 2.08 bits per heavy atom. The minimum Gasteiger partial charge on any atom is -0.393 e. The monoisotopic (exact) mass is 162 g/mol. The first-order valence-corrected chi connectivity index (χ1v) is 3.94. The Morgan fingerprint density at radius 1 is 1.42 bits per heavy atom. The molecule has 1 rings (SSSR count). The molecule has 0 atom stereocenters. The van der Waals surface area contributed by atoms with Crippen molar-refractivity contribution >= 4 is 6.21 Å². The highest BCUT2D eigenvalue weighted by atomic mass is 16.6. The van der Waals surface area contributed by atoms with Crippen LogP contribution in [0.3, 0.4) is 0 Å². The predicted octanol–water partition coefficient (Wildman–Crippen LogP) is 2.25. The maximum absolute atomic E-state index is 5.00. The minimum atomic E-state index is 0.136. The molecule has 63 valence electrons. The third kappa shape index (κ3) is 3.19. The first-order valence-electron chi connectivity index (χ1n) is 3.94. The van der Waals surface area contributed by atoms with E-state index < -0.39 is 0 Å². The summed E-state index contributed by atoms with van der Waals surface area (Å²) < 4.78 is 0. The van der Waals surface area contributed by atoms with Crippen LogP contribution in [0.5, 0.6) is 0 Å². The molecule has 0 fully saturated rings. The molecular weight excluding hydrogens is 150 g/mol. The zero-order chi connectivity index (χ0) is 8.81. The van der Waals surface area contributed by atoms with E-state index in [1.807, 2.05) is 38.1 Å². The van der Waals surface area contributed by atoms with Crippen molar-refractivity contribution < 1.29 is 4.84 Å². The lowest BCUT2D eigenvalue weighted by atomic mass is 10.2. The molecule has 0 unspecified atom stereocenters. The molecule has 0 saturated heterocycles. The van der Waals surface area contributed by atoms with E-state index in [1.54, 1.807) is 6.21 Å². The Morgan fingerprint density at radius 3 is 2.67 bits per heavy atom. The van der Waals surface area contributed by atoms with E-state index in [-0.39, 0.29) is 6.10 Å². The zero-order valence-corrected chi connectivity index (χ0v) is 7.32. The quantitative estimate of drug-likeness (QED) is 0.493. The molecule has 2 nitrogen and oxygen atoms in total. The van der Waals surface area contributed by atoms with Gasteiger partial charge in [-0.15, -0.1) is 0 Å². The summed E-state index contributed by atoms with van der Waals surface area (Å²) in [6.07, 6.45) is 1.82. The Kier molecular flexibility index (Phi) is 3.33. The number of benzene rings is 1. The van der Waals surface area contributed by atoms with Gasteiger partial charge in [0.15, 0.2) is 0 Å². The van der Waals surface area contributed by atoms with Crippen LogP contribution < -0.4 is 0 Å². The largest absolute Gasteiger partial charge is 0.393 e. The number of nitrogens with zero attached hydrogens (tertiary/aromatic N) is 1. The average Bonchev–Trinajstić information content (AvgIpc) is 2.05. The number of hydrogen-bond donors (Lipinski definition) is 0. The van der Waals surface area contributed by atoms with Gasteiger partial charge < -0.3 is 4.84 Å². The van der Waals surface area contributed by atoms with E-state index >= 15 is 0 Å². The van der Waals surface area contributed by atoms with Gasteiger partial charge in [0, 0.05) is 0 Å². The van der Waals surface area contributed by atoms with Crippen molar-refractivity contribution in [2.75, 3.05) is 0 Å². The van der Waals surface area contributed by atoms with E-state index in [4.69, 9.17) is 4.84 Å². The van der Waals surface area contributed by atoms with Crippen molar-refractivity contribution in [3.8, 4) is 0 Å². The first kappa shape index (κ1) is 8.78. The lowest BCUT2D eigenvalue weighted by molar-refractivity contribution is 0.0874. The first-order chi connectivity index (χ1) is 5.79. The molecule has 0 aliphatic rings. The summed E-state index contributed by atoms with van der Waals surface area (Å²) >= 11 is 0. The highest BCUT2D eigenvalue weighted by Crippen LogP contribution is 1.94. The smallest absolute Gasteiger partial charge is 0.122 e. The lowest BCUT2D eigenvalue weighted by Crippen LogP contribution is -1.95. The van der Waals surface area contributed by atoms with Crippen LogP contribution in [0.25, 0.3) is 0 Å². The number of hydrogen-bond acceptors (Lipinski definition) is 2. The van der Waals surface area contributed by atoms with E-state index in [1.165, 1.54) is 0 Å². The molecule has 0 N–H and O–H groups in total. The molecule has 1 radical (unpaired) electrons. The molecule has 1 aromatic rings. The van der Waals surface area contributed by atoms with Crippen molar-refractivity contribution in [2.24, 2.45) is 5.16 Å². The Hall–Kier alpha value is -1.31. The third-order valence-electron chi connectivity index (χ3n) is 1.22. The van der Waals surface area contributed by atoms with Crippen LogP contribution in [0, 0.1) is 6.07 Å². The second kappa shape index (κ2) is 4.54. The fraction of sp³-hybridized carbons (Fsp3) is 0.300. The number of oxime groups is 1. The van der Waals surface area contributed by atoms with Crippen LogP contribution in [-0.4, -0.2) is 12.3 Å². The predicted molar refractivity (Wildman–Crippen MR) is 49.1 cm³/mol. The van der Waals surface area contributed by atoms with Gasteiger partial charge in [-0.3, -0.25) is 0 Å². The van der Waals surface area contributed by atoms with Gasteiger partial charge >= 0.3 is 0 Å². The van der Waals surface area contributed by atoms with Crippen LogP contribution >= 0.6 is 0 Å². The van der Waals surface area contributed by atoms with Crippen molar-refractivity contribution in [1.29, 1.82) is 0 Å². The molecule has 0 heterocycles. The second-order valence-corrected chi connectivity index (χ2v) is 2.72. The van der Waals surface area contributed by atoms with Gasteiger partial charge in [0.2, 0.25) is 0 Å². The van der Waals surface area contributed by atoms with Gasteiger partial charge in [0.1, 0.15) is 6.10 Å². The molecule has 0 aliphatic carbocycles. The highest BCUT2D eigenvalue weighted by Gasteiger charge is 1.88. The topological polar surface area (TPSA) is 21.6 Å². The molecule has 0 bridgehead atoms. The maximum Gasteiger partial charge on any atom is 0.122 e. The summed E-state index contributed by atoms with van der Waals surface area (Å²) in [4.78, 5) is 5.00. The molecule has 0 aromatic heterocycles. The summed E-state index contributed by atoms with van der Waals surface area (Å²) in [5.41, 5.74) is 1.02. The fourth-order valence-electron chi connectivity index (χ4n) is 0.699.